The van der Waals surface area contributed by atoms with Crippen LogP contribution in [0.25, 0.3) is 11.3 Å². The van der Waals surface area contributed by atoms with E-state index in [0.29, 0.717) is 23.4 Å². The predicted octanol–water partition coefficient (Wildman–Crippen LogP) is 3.24. The molecule has 8 heteroatoms. The highest BCUT2D eigenvalue weighted by Gasteiger charge is 2.19. The minimum atomic E-state index is -0.213. The second-order valence-electron chi connectivity index (χ2n) is 5.40. The Kier molecular flexibility index (Phi) is 5.88. The fourth-order valence-corrected chi connectivity index (χ4v) is 3.11. The van der Waals surface area contributed by atoms with Crippen LogP contribution >= 0.6 is 11.3 Å². The molecule has 134 valence electrons. The van der Waals surface area contributed by atoms with E-state index in [2.05, 4.69) is 21.7 Å². The first-order chi connectivity index (χ1) is 12.7. The van der Waals surface area contributed by atoms with Crippen molar-refractivity contribution in [1.29, 1.82) is 0 Å². The first-order valence-electron chi connectivity index (χ1n) is 7.96. The van der Waals surface area contributed by atoms with Crippen LogP contribution in [0.3, 0.4) is 0 Å². The summed E-state index contributed by atoms with van der Waals surface area (Å²) >= 11 is 1.40. The maximum Gasteiger partial charge on any atom is 0.255 e. The molecule has 2 aromatic heterocycles. The summed E-state index contributed by atoms with van der Waals surface area (Å²) in [5.74, 6) is 0.653. The van der Waals surface area contributed by atoms with Gasteiger partial charge >= 0.3 is 0 Å². The molecule has 0 N–H and O–H groups in total. The van der Waals surface area contributed by atoms with Crippen molar-refractivity contribution in [2.24, 2.45) is 0 Å². The third-order valence-corrected chi connectivity index (χ3v) is 4.29. The number of carbonyl (C=O) groups excluding carboxylic acids is 1. The van der Waals surface area contributed by atoms with Crippen LogP contribution in [-0.2, 0) is 16.1 Å². The van der Waals surface area contributed by atoms with Gasteiger partial charge in [0.25, 0.3) is 11.8 Å². The van der Waals surface area contributed by atoms with E-state index in [1.807, 2.05) is 35.7 Å². The van der Waals surface area contributed by atoms with Crippen molar-refractivity contribution in [3.05, 3.63) is 60.1 Å². The molecule has 26 heavy (non-hydrogen) atoms. The Hall–Kier alpha value is -2.84. The van der Waals surface area contributed by atoms with Crippen molar-refractivity contribution >= 4 is 22.4 Å². The summed E-state index contributed by atoms with van der Waals surface area (Å²) in [4.78, 5) is 22.7. The maximum atomic E-state index is 12.5. The van der Waals surface area contributed by atoms with Crippen LogP contribution in [0.1, 0.15) is 11.7 Å². The lowest BCUT2D eigenvalue weighted by Crippen LogP contribution is -2.34. The predicted molar refractivity (Wildman–Crippen MR) is 98.8 cm³/mol. The molecule has 0 aliphatic rings. The molecule has 7 nitrogen and oxygen atoms in total. The molecule has 0 spiro atoms. The normalized spacial score (nSPS) is 10.7. The van der Waals surface area contributed by atoms with Crippen LogP contribution in [0.2, 0.25) is 0 Å². The average molecular weight is 370 g/mol. The van der Waals surface area contributed by atoms with Crippen LogP contribution in [0.15, 0.2) is 52.9 Å². The van der Waals surface area contributed by atoms with Gasteiger partial charge in [-0.3, -0.25) is 9.69 Å². The van der Waals surface area contributed by atoms with Gasteiger partial charge in [0.2, 0.25) is 0 Å². The molecule has 0 bridgehead atoms. The van der Waals surface area contributed by atoms with Gasteiger partial charge in [0.1, 0.15) is 13.2 Å². The Balaban J connectivity index is 1.65. The fraction of sp³-hybridized carbons (Fsp3) is 0.222. The van der Waals surface area contributed by atoms with E-state index >= 15 is 0 Å². The molecule has 1 amide bonds. The van der Waals surface area contributed by atoms with E-state index in [1.54, 1.807) is 17.9 Å². The van der Waals surface area contributed by atoms with E-state index in [4.69, 9.17) is 9.26 Å². The largest absolute Gasteiger partial charge is 0.362 e. The van der Waals surface area contributed by atoms with Crippen molar-refractivity contribution in [2.75, 3.05) is 18.1 Å². The molecule has 0 radical (unpaired) electrons. The highest BCUT2D eigenvalue weighted by atomic mass is 32.1. The minimum absolute atomic E-state index is 0.0850. The van der Waals surface area contributed by atoms with Gasteiger partial charge in [0.05, 0.1) is 5.69 Å². The first-order valence-corrected chi connectivity index (χ1v) is 8.84. The molecule has 0 aliphatic carbocycles. The molecule has 0 aliphatic heterocycles. The van der Waals surface area contributed by atoms with E-state index in [0.717, 1.165) is 11.3 Å². The summed E-state index contributed by atoms with van der Waals surface area (Å²) in [5, 5.41) is 6.20. The van der Waals surface area contributed by atoms with Crippen LogP contribution < -0.4 is 4.90 Å². The second kappa shape index (κ2) is 8.50. The Bertz CT molecular complexity index is 875. The van der Waals surface area contributed by atoms with E-state index in [1.165, 1.54) is 11.3 Å². The molecule has 0 unspecified atom stereocenters. The molecule has 1 aromatic carbocycles. The summed E-state index contributed by atoms with van der Waals surface area (Å²) in [7, 11) is 0. The van der Waals surface area contributed by atoms with Crippen molar-refractivity contribution in [2.45, 2.75) is 13.5 Å². The Labute approximate surface area is 154 Å². The van der Waals surface area contributed by atoms with Gasteiger partial charge in [-0.15, -0.1) is 17.9 Å². The molecular formula is C18H18N4O3S. The smallest absolute Gasteiger partial charge is 0.255 e. The van der Waals surface area contributed by atoms with Gasteiger partial charge < -0.3 is 9.26 Å². The SMILES string of the molecule is C=CCN(C(=O)COCc1nc(C)no1)c1nc(-c2ccccc2)cs1. The standard InChI is InChI=1S/C18H18N4O3S/c1-3-9-22(17(23)11-24-10-16-19-13(2)21-25-16)18-20-15(12-26-18)14-7-5-4-6-8-14/h3-8,12H,1,9-11H2,2H3. The number of nitrogens with zero attached hydrogens (tertiary/aromatic N) is 4. The second-order valence-corrected chi connectivity index (χ2v) is 6.24. The van der Waals surface area contributed by atoms with Crippen molar-refractivity contribution < 1.29 is 14.1 Å². The lowest BCUT2D eigenvalue weighted by molar-refractivity contribution is -0.123. The lowest BCUT2D eigenvalue weighted by Gasteiger charge is -2.17. The number of aryl methyl sites for hydroxylation is 1. The van der Waals surface area contributed by atoms with Gasteiger partial charge in [-0.25, -0.2) is 4.98 Å². The number of anilines is 1. The number of aromatic nitrogens is 3. The molecule has 0 saturated carbocycles. The number of rotatable bonds is 8. The zero-order chi connectivity index (χ0) is 18.4. The topological polar surface area (TPSA) is 81.4 Å². The van der Waals surface area contributed by atoms with Gasteiger partial charge in [0, 0.05) is 17.5 Å². The summed E-state index contributed by atoms with van der Waals surface area (Å²) in [6.45, 7) is 5.75. The monoisotopic (exact) mass is 370 g/mol. The highest BCUT2D eigenvalue weighted by molar-refractivity contribution is 7.14. The number of carbonyl (C=O) groups is 1. The summed E-state index contributed by atoms with van der Waals surface area (Å²) < 4.78 is 10.3. The van der Waals surface area contributed by atoms with Gasteiger partial charge in [-0.2, -0.15) is 4.98 Å². The molecular weight excluding hydrogens is 352 g/mol. The minimum Gasteiger partial charge on any atom is -0.362 e. The number of hydrogen-bond acceptors (Lipinski definition) is 7. The number of ether oxygens (including phenoxy) is 1. The molecule has 0 saturated heterocycles. The Morgan fingerprint density at radius 2 is 2.15 bits per heavy atom. The van der Waals surface area contributed by atoms with E-state index < -0.39 is 0 Å². The number of amides is 1. The fourth-order valence-electron chi connectivity index (χ4n) is 2.25. The van der Waals surface area contributed by atoms with Gasteiger partial charge in [-0.1, -0.05) is 41.6 Å². The molecule has 0 atom stereocenters. The zero-order valence-corrected chi connectivity index (χ0v) is 15.1. The van der Waals surface area contributed by atoms with E-state index in [9.17, 15) is 4.79 Å². The third-order valence-electron chi connectivity index (χ3n) is 3.43. The van der Waals surface area contributed by atoms with E-state index in [-0.39, 0.29) is 19.1 Å². The average Bonchev–Trinajstić information content (AvgIpc) is 3.29. The van der Waals surface area contributed by atoms with Gasteiger partial charge in [0.15, 0.2) is 11.0 Å². The van der Waals surface area contributed by atoms with Crippen molar-refractivity contribution in [3.63, 3.8) is 0 Å². The van der Waals surface area contributed by atoms with Gasteiger partial charge in [-0.05, 0) is 6.92 Å². The highest BCUT2D eigenvalue weighted by Crippen LogP contribution is 2.27. The Morgan fingerprint density at radius 3 is 2.85 bits per heavy atom. The van der Waals surface area contributed by atoms with Crippen LogP contribution in [0.4, 0.5) is 5.13 Å². The molecule has 3 rings (SSSR count). The van der Waals surface area contributed by atoms with Crippen LogP contribution in [0, 0.1) is 6.92 Å². The number of hydrogen-bond donors (Lipinski definition) is 0. The first kappa shape index (κ1) is 18.0. The molecule has 0 fully saturated rings. The van der Waals surface area contributed by atoms with Crippen LogP contribution in [-0.4, -0.2) is 34.2 Å². The molecule has 3 aromatic rings. The number of thiazole rings is 1. The molecule has 2 heterocycles. The van der Waals surface area contributed by atoms with Crippen LogP contribution in [0.5, 0.6) is 0 Å². The zero-order valence-electron chi connectivity index (χ0n) is 14.3. The van der Waals surface area contributed by atoms with Crippen molar-refractivity contribution in [3.8, 4) is 11.3 Å². The Morgan fingerprint density at radius 1 is 1.35 bits per heavy atom. The summed E-state index contributed by atoms with van der Waals surface area (Å²) in [6, 6.07) is 9.82. The summed E-state index contributed by atoms with van der Waals surface area (Å²) in [5.41, 5.74) is 1.83. The maximum absolute atomic E-state index is 12.5. The summed E-state index contributed by atoms with van der Waals surface area (Å²) in [6.07, 6.45) is 1.66. The third kappa shape index (κ3) is 4.41. The lowest BCUT2D eigenvalue weighted by atomic mass is 10.2. The quantitative estimate of drug-likeness (QED) is 0.566. The number of benzene rings is 1. The van der Waals surface area contributed by atoms with Crippen molar-refractivity contribution in [1.82, 2.24) is 15.1 Å².